The van der Waals surface area contributed by atoms with E-state index in [4.69, 9.17) is 0 Å². The molecular formula is C16H17FN4O. The van der Waals surface area contributed by atoms with E-state index in [0.717, 1.165) is 11.8 Å². The summed E-state index contributed by atoms with van der Waals surface area (Å²) in [6, 6.07) is 8.10. The summed E-state index contributed by atoms with van der Waals surface area (Å²) in [5.41, 5.74) is 2.28. The Morgan fingerprint density at radius 2 is 2.18 bits per heavy atom. The topological polar surface area (TPSA) is 49.3 Å². The highest BCUT2D eigenvalue weighted by Crippen LogP contribution is 2.18. The fraction of sp³-hybridized carbons (Fsp3) is 0.312. The highest BCUT2D eigenvalue weighted by Gasteiger charge is 2.26. The number of rotatable bonds is 3. The van der Waals surface area contributed by atoms with Crippen molar-refractivity contribution < 1.29 is 9.18 Å². The van der Waals surface area contributed by atoms with Gasteiger partial charge in [-0.1, -0.05) is 29.8 Å². The number of benzene rings is 1. The molecule has 0 saturated carbocycles. The zero-order chi connectivity index (χ0) is 15.5. The standard InChI is InChI=1S/C16H17FN4O/c1-12-3-2-4-13(7-12)9-20-5-6-21(10-15(20)22)16-14(17)8-18-11-19-16/h2-4,7-8,11H,5-6,9-10H2,1H3. The molecular weight excluding hydrogens is 283 g/mol. The molecule has 0 radical (unpaired) electrons. The molecule has 1 amide bonds. The maximum Gasteiger partial charge on any atom is 0.242 e. The summed E-state index contributed by atoms with van der Waals surface area (Å²) in [5, 5.41) is 0. The van der Waals surface area contributed by atoms with E-state index >= 15 is 0 Å². The fourth-order valence-electron chi connectivity index (χ4n) is 2.63. The molecule has 5 nitrogen and oxygen atoms in total. The van der Waals surface area contributed by atoms with Crippen molar-refractivity contribution in [1.29, 1.82) is 0 Å². The second kappa shape index (κ2) is 6.09. The number of piperazine rings is 1. The van der Waals surface area contributed by atoms with Crippen LogP contribution in [-0.2, 0) is 11.3 Å². The first-order valence-electron chi connectivity index (χ1n) is 7.17. The molecule has 0 atom stereocenters. The molecule has 1 aromatic heterocycles. The van der Waals surface area contributed by atoms with Gasteiger partial charge in [0.1, 0.15) is 6.33 Å². The first kappa shape index (κ1) is 14.4. The Morgan fingerprint density at radius 1 is 1.32 bits per heavy atom. The van der Waals surface area contributed by atoms with Crippen LogP contribution < -0.4 is 4.90 Å². The second-order valence-corrected chi connectivity index (χ2v) is 5.42. The number of nitrogens with zero attached hydrogens (tertiary/aromatic N) is 4. The highest BCUT2D eigenvalue weighted by molar-refractivity contribution is 5.82. The van der Waals surface area contributed by atoms with E-state index < -0.39 is 5.82 Å². The van der Waals surface area contributed by atoms with Crippen LogP contribution in [0.15, 0.2) is 36.8 Å². The van der Waals surface area contributed by atoms with Crippen molar-refractivity contribution >= 4 is 11.7 Å². The average molecular weight is 300 g/mol. The monoisotopic (exact) mass is 300 g/mol. The van der Waals surface area contributed by atoms with Crippen LogP contribution in [0.1, 0.15) is 11.1 Å². The summed E-state index contributed by atoms with van der Waals surface area (Å²) in [4.78, 5) is 23.3. The lowest BCUT2D eigenvalue weighted by Crippen LogP contribution is -2.50. The maximum absolute atomic E-state index is 13.7. The van der Waals surface area contributed by atoms with Gasteiger partial charge in [0.25, 0.3) is 0 Å². The maximum atomic E-state index is 13.7. The van der Waals surface area contributed by atoms with Crippen molar-refractivity contribution in [3.63, 3.8) is 0 Å². The SMILES string of the molecule is Cc1cccc(CN2CCN(c3ncncc3F)CC2=O)c1. The van der Waals surface area contributed by atoms with Gasteiger partial charge in [-0.25, -0.2) is 14.4 Å². The lowest BCUT2D eigenvalue weighted by atomic mass is 10.1. The van der Waals surface area contributed by atoms with E-state index in [0.29, 0.717) is 19.6 Å². The third kappa shape index (κ3) is 3.05. The summed E-state index contributed by atoms with van der Waals surface area (Å²) in [7, 11) is 0. The number of hydrogen-bond donors (Lipinski definition) is 0. The van der Waals surface area contributed by atoms with Crippen molar-refractivity contribution in [3.05, 3.63) is 53.7 Å². The smallest absolute Gasteiger partial charge is 0.242 e. The van der Waals surface area contributed by atoms with Crippen LogP contribution in [0.25, 0.3) is 0 Å². The number of aromatic nitrogens is 2. The first-order chi connectivity index (χ1) is 10.6. The molecule has 0 aliphatic carbocycles. The van der Waals surface area contributed by atoms with Gasteiger partial charge in [0.05, 0.1) is 12.7 Å². The van der Waals surface area contributed by atoms with Gasteiger partial charge in [0, 0.05) is 19.6 Å². The molecule has 2 heterocycles. The Labute approximate surface area is 128 Å². The zero-order valence-electron chi connectivity index (χ0n) is 12.4. The first-order valence-corrected chi connectivity index (χ1v) is 7.17. The minimum atomic E-state index is -0.498. The molecule has 1 aromatic carbocycles. The fourth-order valence-corrected chi connectivity index (χ4v) is 2.63. The molecule has 3 rings (SSSR count). The molecule has 2 aromatic rings. The molecule has 6 heteroatoms. The van der Waals surface area contributed by atoms with E-state index in [9.17, 15) is 9.18 Å². The van der Waals surface area contributed by atoms with E-state index in [-0.39, 0.29) is 18.3 Å². The van der Waals surface area contributed by atoms with Gasteiger partial charge < -0.3 is 9.80 Å². The van der Waals surface area contributed by atoms with Crippen molar-refractivity contribution in [2.24, 2.45) is 0 Å². The van der Waals surface area contributed by atoms with Crippen LogP contribution >= 0.6 is 0 Å². The van der Waals surface area contributed by atoms with Crippen LogP contribution in [0.5, 0.6) is 0 Å². The minimum absolute atomic E-state index is 0.0224. The number of carbonyl (C=O) groups excluding carboxylic acids is 1. The number of carbonyl (C=O) groups is 1. The van der Waals surface area contributed by atoms with E-state index in [1.54, 1.807) is 9.80 Å². The summed E-state index contributed by atoms with van der Waals surface area (Å²) < 4.78 is 13.7. The molecule has 22 heavy (non-hydrogen) atoms. The number of amides is 1. The van der Waals surface area contributed by atoms with Crippen LogP contribution in [0.4, 0.5) is 10.2 Å². The Hall–Kier alpha value is -2.50. The molecule has 0 bridgehead atoms. The lowest BCUT2D eigenvalue weighted by molar-refractivity contribution is -0.131. The molecule has 114 valence electrons. The van der Waals surface area contributed by atoms with Crippen molar-refractivity contribution in [2.45, 2.75) is 13.5 Å². The zero-order valence-corrected chi connectivity index (χ0v) is 12.4. The van der Waals surface area contributed by atoms with Crippen LogP contribution in [-0.4, -0.2) is 40.4 Å². The van der Waals surface area contributed by atoms with E-state index in [2.05, 4.69) is 16.0 Å². The Morgan fingerprint density at radius 3 is 2.91 bits per heavy atom. The molecule has 1 saturated heterocycles. The average Bonchev–Trinajstić information content (AvgIpc) is 2.50. The van der Waals surface area contributed by atoms with Crippen LogP contribution in [0.3, 0.4) is 0 Å². The number of halogens is 1. The van der Waals surface area contributed by atoms with Gasteiger partial charge in [0.2, 0.25) is 5.91 Å². The summed E-state index contributed by atoms with van der Waals surface area (Å²) >= 11 is 0. The number of hydrogen-bond acceptors (Lipinski definition) is 4. The van der Waals surface area contributed by atoms with Crippen LogP contribution in [0, 0.1) is 12.7 Å². The van der Waals surface area contributed by atoms with Crippen molar-refractivity contribution in [2.75, 3.05) is 24.5 Å². The molecule has 1 aliphatic heterocycles. The molecule has 0 spiro atoms. The minimum Gasteiger partial charge on any atom is -0.343 e. The second-order valence-electron chi connectivity index (χ2n) is 5.42. The summed E-state index contributed by atoms with van der Waals surface area (Å²) in [6.45, 7) is 3.86. The third-order valence-corrected chi connectivity index (χ3v) is 3.72. The Balaban J connectivity index is 1.68. The van der Waals surface area contributed by atoms with Crippen molar-refractivity contribution in [3.8, 4) is 0 Å². The number of anilines is 1. The predicted molar refractivity (Wildman–Crippen MR) is 80.8 cm³/mol. The number of aryl methyl sites for hydroxylation is 1. The van der Waals surface area contributed by atoms with Gasteiger partial charge in [0.15, 0.2) is 11.6 Å². The predicted octanol–water partition coefficient (Wildman–Crippen LogP) is 1.77. The van der Waals surface area contributed by atoms with E-state index in [1.165, 1.54) is 11.9 Å². The third-order valence-electron chi connectivity index (χ3n) is 3.72. The Bertz CT molecular complexity index is 691. The van der Waals surface area contributed by atoms with Gasteiger partial charge in [-0.05, 0) is 12.5 Å². The molecule has 0 N–H and O–H groups in total. The highest BCUT2D eigenvalue weighted by atomic mass is 19.1. The van der Waals surface area contributed by atoms with E-state index in [1.807, 2.05) is 25.1 Å². The normalized spacial score (nSPS) is 15.3. The lowest BCUT2D eigenvalue weighted by Gasteiger charge is -2.35. The van der Waals surface area contributed by atoms with Gasteiger partial charge >= 0.3 is 0 Å². The van der Waals surface area contributed by atoms with Gasteiger partial charge in [-0.3, -0.25) is 4.79 Å². The largest absolute Gasteiger partial charge is 0.343 e. The summed E-state index contributed by atoms with van der Waals surface area (Å²) in [6.07, 6.45) is 2.41. The molecule has 1 fully saturated rings. The summed E-state index contributed by atoms with van der Waals surface area (Å²) in [5.74, 6) is -0.327. The van der Waals surface area contributed by atoms with Crippen LogP contribution in [0.2, 0.25) is 0 Å². The van der Waals surface area contributed by atoms with Gasteiger partial charge in [-0.15, -0.1) is 0 Å². The molecule has 1 aliphatic rings. The Kier molecular flexibility index (Phi) is 4.00. The van der Waals surface area contributed by atoms with Crippen molar-refractivity contribution in [1.82, 2.24) is 14.9 Å². The van der Waals surface area contributed by atoms with Gasteiger partial charge in [-0.2, -0.15) is 0 Å². The quantitative estimate of drug-likeness (QED) is 0.867. The molecule has 0 unspecified atom stereocenters.